The molecule has 2 aliphatic rings. The Labute approximate surface area is 129 Å². The summed E-state index contributed by atoms with van der Waals surface area (Å²) in [5.41, 5.74) is 2.66. The van der Waals surface area contributed by atoms with Crippen molar-refractivity contribution in [1.29, 1.82) is 0 Å². The van der Waals surface area contributed by atoms with Crippen molar-refractivity contribution in [3.8, 4) is 0 Å². The van der Waals surface area contributed by atoms with Gasteiger partial charge in [0.15, 0.2) is 0 Å². The SMILES string of the molecule is CC(C)NCc1cnccc1N(C)CC1CC2CCC1C2. The van der Waals surface area contributed by atoms with Crippen molar-refractivity contribution in [3.63, 3.8) is 0 Å². The normalized spacial score (nSPS) is 27.5. The second-order valence-electron chi connectivity index (χ2n) is 7.36. The van der Waals surface area contributed by atoms with Gasteiger partial charge >= 0.3 is 0 Å². The lowest BCUT2D eigenvalue weighted by molar-refractivity contribution is 0.337. The molecular formula is C18H29N3. The van der Waals surface area contributed by atoms with Gasteiger partial charge in [0.25, 0.3) is 0 Å². The lowest BCUT2D eigenvalue weighted by Gasteiger charge is -2.30. The van der Waals surface area contributed by atoms with Gasteiger partial charge in [-0.3, -0.25) is 4.98 Å². The van der Waals surface area contributed by atoms with Crippen LogP contribution in [0, 0.1) is 17.8 Å². The number of hydrogen-bond acceptors (Lipinski definition) is 3. The fraction of sp³-hybridized carbons (Fsp3) is 0.722. The molecule has 0 amide bonds. The highest BCUT2D eigenvalue weighted by Crippen LogP contribution is 2.48. The molecule has 3 nitrogen and oxygen atoms in total. The first-order valence-corrected chi connectivity index (χ1v) is 8.51. The van der Waals surface area contributed by atoms with Crippen LogP contribution in [0.3, 0.4) is 0 Å². The molecule has 2 fully saturated rings. The van der Waals surface area contributed by atoms with Gasteiger partial charge in [0, 0.05) is 49.8 Å². The average molecular weight is 287 g/mol. The first-order valence-electron chi connectivity index (χ1n) is 8.51. The number of anilines is 1. The minimum absolute atomic E-state index is 0.508. The van der Waals surface area contributed by atoms with Crippen molar-refractivity contribution in [1.82, 2.24) is 10.3 Å². The number of fused-ring (bicyclic) bond motifs is 2. The molecule has 1 aromatic rings. The predicted octanol–water partition coefficient (Wildman–Crippen LogP) is 3.45. The minimum atomic E-state index is 0.508. The molecule has 3 unspecified atom stereocenters. The molecule has 0 aromatic carbocycles. The smallest absolute Gasteiger partial charge is 0.0440 e. The van der Waals surface area contributed by atoms with Crippen LogP contribution in [0.1, 0.15) is 45.1 Å². The molecule has 21 heavy (non-hydrogen) atoms. The average Bonchev–Trinajstić information content (AvgIpc) is 3.08. The van der Waals surface area contributed by atoms with Gasteiger partial charge in [0.2, 0.25) is 0 Å². The second kappa shape index (κ2) is 6.35. The van der Waals surface area contributed by atoms with Crippen molar-refractivity contribution in [2.75, 3.05) is 18.5 Å². The van der Waals surface area contributed by atoms with Gasteiger partial charge in [0.05, 0.1) is 0 Å². The first kappa shape index (κ1) is 14.8. The van der Waals surface area contributed by atoms with Crippen LogP contribution in [-0.2, 0) is 6.54 Å². The van der Waals surface area contributed by atoms with Crippen molar-refractivity contribution >= 4 is 5.69 Å². The Balaban J connectivity index is 1.65. The molecule has 1 N–H and O–H groups in total. The van der Waals surface area contributed by atoms with Gasteiger partial charge in [-0.05, 0) is 43.1 Å². The molecule has 0 radical (unpaired) electrons. The van der Waals surface area contributed by atoms with Crippen molar-refractivity contribution in [2.24, 2.45) is 17.8 Å². The van der Waals surface area contributed by atoms with E-state index in [0.717, 1.165) is 24.3 Å². The Morgan fingerprint density at radius 1 is 1.33 bits per heavy atom. The quantitative estimate of drug-likeness (QED) is 0.868. The summed E-state index contributed by atoms with van der Waals surface area (Å²) in [6.07, 6.45) is 9.86. The van der Waals surface area contributed by atoms with Crippen LogP contribution in [0.4, 0.5) is 5.69 Å². The van der Waals surface area contributed by atoms with E-state index < -0.39 is 0 Å². The van der Waals surface area contributed by atoms with Crippen LogP contribution in [0.15, 0.2) is 18.5 Å². The number of aromatic nitrogens is 1. The largest absolute Gasteiger partial charge is 0.374 e. The van der Waals surface area contributed by atoms with Gasteiger partial charge < -0.3 is 10.2 Å². The predicted molar refractivity (Wildman–Crippen MR) is 88.4 cm³/mol. The van der Waals surface area contributed by atoms with E-state index in [2.05, 4.69) is 42.2 Å². The maximum Gasteiger partial charge on any atom is 0.0440 e. The first-order chi connectivity index (χ1) is 10.1. The van der Waals surface area contributed by atoms with Crippen molar-refractivity contribution in [3.05, 3.63) is 24.0 Å². The van der Waals surface area contributed by atoms with Gasteiger partial charge in [-0.15, -0.1) is 0 Å². The summed E-state index contributed by atoms with van der Waals surface area (Å²) >= 11 is 0. The zero-order chi connectivity index (χ0) is 14.8. The molecule has 1 aromatic heterocycles. The number of pyridine rings is 1. The van der Waals surface area contributed by atoms with Crippen LogP contribution >= 0.6 is 0 Å². The number of rotatable bonds is 6. The molecule has 3 atom stereocenters. The summed E-state index contributed by atoms with van der Waals surface area (Å²) < 4.78 is 0. The third-order valence-electron chi connectivity index (χ3n) is 5.38. The van der Waals surface area contributed by atoms with Crippen molar-refractivity contribution < 1.29 is 0 Å². The summed E-state index contributed by atoms with van der Waals surface area (Å²) in [5, 5.41) is 3.51. The van der Waals surface area contributed by atoms with Gasteiger partial charge in [-0.1, -0.05) is 20.3 Å². The number of nitrogens with zero attached hydrogens (tertiary/aromatic N) is 2. The Kier molecular flexibility index (Phi) is 4.48. The number of nitrogens with one attached hydrogen (secondary N) is 1. The van der Waals surface area contributed by atoms with E-state index in [0.29, 0.717) is 6.04 Å². The third-order valence-corrected chi connectivity index (χ3v) is 5.38. The molecule has 2 bridgehead atoms. The summed E-state index contributed by atoms with van der Waals surface area (Å²) in [5.74, 6) is 2.94. The second-order valence-corrected chi connectivity index (χ2v) is 7.36. The highest BCUT2D eigenvalue weighted by Gasteiger charge is 2.39. The van der Waals surface area contributed by atoms with Crippen molar-refractivity contribution in [2.45, 2.75) is 52.1 Å². The van der Waals surface area contributed by atoms with Crippen LogP contribution in [-0.4, -0.2) is 24.6 Å². The van der Waals surface area contributed by atoms with Crippen LogP contribution in [0.25, 0.3) is 0 Å². The minimum Gasteiger partial charge on any atom is -0.374 e. The zero-order valence-electron chi connectivity index (χ0n) is 13.7. The van der Waals surface area contributed by atoms with E-state index in [1.54, 1.807) is 0 Å². The van der Waals surface area contributed by atoms with Gasteiger partial charge in [-0.2, -0.15) is 0 Å². The topological polar surface area (TPSA) is 28.2 Å². The molecule has 0 spiro atoms. The fourth-order valence-corrected chi connectivity index (χ4v) is 4.29. The molecule has 116 valence electrons. The molecule has 2 aliphatic carbocycles. The van der Waals surface area contributed by atoms with Gasteiger partial charge in [0.1, 0.15) is 0 Å². The summed E-state index contributed by atoms with van der Waals surface area (Å²) in [7, 11) is 2.25. The standard InChI is InChI=1S/C18H29N3/c1-13(2)20-11-17-10-19-7-6-18(17)21(3)12-16-9-14-4-5-15(16)8-14/h6-7,10,13-16,20H,4-5,8-9,11-12H2,1-3H3. The summed E-state index contributed by atoms with van der Waals surface area (Å²) in [6, 6.07) is 2.68. The van der Waals surface area contributed by atoms with E-state index in [-0.39, 0.29) is 0 Å². The lowest BCUT2D eigenvalue weighted by Crippen LogP contribution is -2.30. The molecule has 2 saturated carbocycles. The Morgan fingerprint density at radius 2 is 2.19 bits per heavy atom. The Morgan fingerprint density at radius 3 is 2.86 bits per heavy atom. The Bertz CT molecular complexity index is 471. The monoisotopic (exact) mass is 287 g/mol. The zero-order valence-corrected chi connectivity index (χ0v) is 13.7. The molecule has 3 heteroatoms. The van der Waals surface area contributed by atoms with E-state index in [4.69, 9.17) is 0 Å². The maximum atomic E-state index is 4.31. The van der Waals surface area contributed by atoms with E-state index in [1.807, 2.05) is 12.4 Å². The highest BCUT2D eigenvalue weighted by molar-refractivity contribution is 5.51. The lowest BCUT2D eigenvalue weighted by atomic mass is 9.88. The summed E-state index contributed by atoms with van der Waals surface area (Å²) in [6.45, 7) is 6.49. The van der Waals surface area contributed by atoms with E-state index >= 15 is 0 Å². The third kappa shape index (κ3) is 3.39. The molecular weight excluding hydrogens is 258 g/mol. The maximum absolute atomic E-state index is 4.31. The molecule has 0 saturated heterocycles. The fourth-order valence-electron chi connectivity index (χ4n) is 4.29. The van der Waals surface area contributed by atoms with Crippen LogP contribution < -0.4 is 10.2 Å². The highest BCUT2D eigenvalue weighted by atomic mass is 15.1. The molecule has 0 aliphatic heterocycles. The molecule has 1 heterocycles. The summed E-state index contributed by atoms with van der Waals surface area (Å²) in [4.78, 5) is 6.77. The van der Waals surface area contributed by atoms with Crippen LogP contribution in [0.2, 0.25) is 0 Å². The Hall–Kier alpha value is -1.09. The van der Waals surface area contributed by atoms with Gasteiger partial charge in [-0.25, -0.2) is 0 Å². The van der Waals surface area contributed by atoms with E-state index in [1.165, 1.54) is 43.5 Å². The number of hydrogen-bond donors (Lipinski definition) is 1. The van der Waals surface area contributed by atoms with Crippen LogP contribution in [0.5, 0.6) is 0 Å². The molecule has 3 rings (SSSR count). The van der Waals surface area contributed by atoms with E-state index in [9.17, 15) is 0 Å².